The molecule has 12 heteroatoms. The lowest BCUT2D eigenvalue weighted by molar-refractivity contribution is -0.384. The molecule has 166 valence electrons. The fraction of sp³-hybridized carbons (Fsp3) is 0.421. The maximum Gasteiger partial charge on any atom is 0.329 e. The average molecular weight is 449 g/mol. The quantitative estimate of drug-likeness (QED) is 0.380. The average Bonchev–Trinajstić information content (AvgIpc) is 2.73. The van der Waals surface area contributed by atoms with Crippen LogP contribution in [0.2, 0.25) is 0 Å². The monoisotopic (exact) mass is 449 g/mol. The van der Waals surface area contributed by atoms with Crippen LogP contribution in [0, 0.1) is 16.0 Å². The van der Waals surface area contributed by atoms with Crippen LogP contribution in [0.3, 0.4) is 0 Å². The molecule has 1 aromatic heterocycles. The van der Waals surface area contributed by atoms with E-state index in [1.165, 1.54) is 24.3 Å². The topological polar surface area (TPSA) is 145 Å². The van der Waals surface area contributed by atoms with Gasteiger partial charge in [0, 0.05) is 25.0 Å². The second kappa shape index (κ2) is 9.25. The number of benzene rings is 1. The van der Waals surface area contributed by atoms with Gasteiger partial charge in [-0.1, -0.05) is 0 Å². The van der Waals surface area contributed by atoms with Crippen molar-refractivity contribution in [3.8, 4) is 0 Å². The lowest BCUT2D eigenvalue weighted by Crippen LogP contribution is -2.38. The van der Waals surface area contributed by atoms with Crippen LogP contribution in [0.5, 0.6) is 0 Å². The number of aromatic nitrogens is 2. The van der Waals surface area contributed by atoms with Crippen molar-refractivity contribution < 1.29 is 22.9 Å². The largest absolute Gasteiger partial charge is 0.466 e. The van der Waals surface area contributed by atoms with Crippen LogP contribution in [0.15, 0.2) is 35.4 Å². The summed E-state index contributed by atoms with van der Waals surface area (Å²) >= 11 is 0. The number of sulfone groups is 1. The van der Waals surface area contributed by atoms with Gasteiger partial charge in [0.2, 0.25) is 11.8 Å². The molecule has 2 heterocycles. The molecule has 1 aliphatic rings. The Hall–Kier alpha value is -3.28. The van der Waals surface area contributed by atoms with E-state index in [1.807, 2.05) is 4.90 Å². The smallest absolute Gasteiger partial charge is 0.329 e. The Morgan fingerprint density at radius 1 is 1.29 bits per heavy atom. The molecular formula is C19H23N5O6S. The van der Waals surface area contributed by atoms with Gasteiger partial charge >= 0.3 is 11.7 Å². The van der Waals surface area contributed by atoms with Gasteiger partial charge in [0.15, 0.2) is 9.84 Å². The van der Waals surface area contributed by atoms with Gasteiger partial charge < -0.3 is 15.0 Å². The summed E-state index contributed by atoms with van der Waals surface area (Å²) in [4.78, 5) is 33.2. The van der Waals surface area contributed by atoms with Gasteiger partial charge in [-0.15, -0.1) is 0 Å². The number of carbonyl (C=O) groups is 1. The Morgan fingerprint density at radius 3 is 2.48 bits per heavy atom. The van der Waals surface area contributed by atoms with Crippen LogP contribution < -0.4 is 10.2 Å². The molecule has 1 aliphatic heterocycles. The van der Waals surface area contributed by atoms with Gasteiger partial charge in [0.05, 0.1) is 22.3 Å². The molecule has 3 rings (SSSR count). The number of piperidine rings is 1. The van der Waals surface area contributed by atoms with Gasteiger partial charge in [-0.3, -0.25) is 14.9 Å². The minimum atomic E-state index is -3.35. The van der Waals surface area contributed by atoms with Crippen molar-refractivity contribution in [1.82, 2.24) is 9.97 Å². The maximum atomic E-state index is 11.9. The van der Waals surface area contributed by atoms with Crippen LogP contribution in [0.1, 0.15) is 19.8 Å². The molecule has 0 bridgehead atoms. The van der Waals surface area contributed by atoms with E-state index in [2.05, 4.69) is 15.3 Å². The number of nitrogens with one attached hydrogen (secondary N) is 1. The molecule has 2 aromatic rings. The van der Waals surface area contributed by atoms with Crippen molar-refractivity contribution in [3.63, 3.8) is 0 Å². The predicted octanol–water partition coefficient (Wildman–Crippen LogP) is 2.31. The van der Waals surface area contributed by atoms with E-state index in [-0.39, 0.29) is 28.3 Å². The highest BCUT2D eigenvalue weighted by atomic mass is 32.2. The Balaban J connectivity index is 1.79. The number of nitro groups is 1. The maximum absolute atomic E-state index is 11.9. The first kappa shape index (κ1) is 22.4. The molecule has 0 saturated carbocycles. The zero-order chi connectivity index (χ0) is 22.6. The fourth-order valence-corrected chi connectivity index (χ4v) is 3.87. The molecule has 0 amide bonds. The Labute approximate surface area is 179 Å². The van der Waals surface area contributed by atoms with Crippen LogP contribution in [0.25, 0.3) is 0 Å². The van der Waals surface area contributed by atoms with E-state index >= 15 is 0 Å². The summed E-state index contributed by atoms with van der Waals surface area (Å²) in [7, 11) is -3.35. The highest BCUT2D eigenvalue weighted by Gasteiger charge is 2.28. The number of ether oxygens (including phenoxy) is 1. The fourth-order valence-electron chi connectivity index (χ4n) is 3.24. The molecule has 0 atom stereocenters. The standard InChI is InChI=1S/C19H23N5O6S/c1-3-30-18(25)13-8-10-23(11-9-13)19-20-12-16(24(26)27)17(22-19)21-14-4-6-15(7-5-14)31(2,28)29/h4-7,12-13H,3,8-11H2,1-2H3,(H,20,21,22). The summed E-state index contributed by atoms with van der Waals surface area (Å²) in [5.41, 5.74) is 0.138. The molecule has 0 unspecified atom stereocenters. The zero-order valence-electron chi connectivity index (χ0n) is 17.1. The molecule has 1 fully saturated rings. The van der Waals surface area contributed by atoms with Crippen LogP contribution >= 0.6 is 0 Å². The molecular weight excluding hydrogens is 426 g/mol. The summed E-state index contributed by atoms with van der Waals surface area (Å²) in [5, 5.41) is 14.3. The van der Waals surface area contributed by atoms with Gasteiger partial charge in [-0.2, -0.15) is 4.98 Å². The molecule has 1 aromatic carbocycles. The molecule has 11 nitrogen and oxygen atoms in total. The van der Waals surface area contributed by atoms with E-state index in [4.69, 9.17) is 4.74 Å². The van der Waals surface area contributed by atoms with Gasteiger partial charge in [0.1, 0.15) is 6.20 Å². The van der Waals surface area contributed by atoms with Crippen molar-refractivity contribution in [2.24, 2.45) is 5.92 Å². The first-order valence-electron chi connectivity index (χ1n) is 9.69. The Morgan fingerprint density at radius 2 is 1.94 bits per heavy atom. The van der Waals surface area contributed by atoms with Gasteiger partial charge in [-0.05, 0) is 44.0 Å². The van der Waals surface area contributed by atoms with Crippen molar-refractivity contribution in [1.29, 1.82) is 0 Å². The molecule has 1 N–H and O–H groups in total. The molecule has 0 aliphatic carbocycles. The lowest BCUT2D eigenvalue weighted by atomic mass is 9.97. The number of esters is 1. The van der Waals surface area contributed by atoms with E-state index in [1.54, 1.807) is 6.92 Å². The zero-order valence-corrected chi connectivity index (χ0v) is 18.0. The minimum absolute atomic E-state index is 0.00498. The van der Waals surface area contributed by atoms with E-state index in [9.17, 15) is 23.3 Å². The Kier molecular flexibility index (Phi) is 6.68. The highest BCUT2D eigenvalue weighted by molar-refractivity contribution is 7.90. The third-order valence-electron chi connectivity index (χ3n) is 4.90. The number of anilines is 3. The van der Waals surface area contributed by atoms with Crippen molar-refractivity contribution in [2.75, 3.05) is 36.2 Å². The number of rotatable bonds is 7. The third kappa shape index (κ3) is 5.45. The normalized spacial score (nSPS) is 14.8. The number of nitrogens with zero attached hydrogens (tertiary/aromatic N) is 4. The summed E-state index contributed by atoms with van der Waals surface area (Å²) in [5.74, 6) is -0.0929. The summed E-state index contributed by atoms with van der Waals surface area (Å²) < 4.78 is 28.3. The summed E-state index contributed by atoms with van der Waals surface area (Å²) in [6, 6.07) is 5.83. The van der Waals surface area contributed by atoms with Crippen LogP contribution in [-0.2, 0) is 19.4 Å². The number of carbonyl (C=O) groups excluding carboxylic acids is 1. The number of hydrogen-bond acceptors (Lipinski definition) is 10. The lowest BCUT2D eigenvalue weighted by Gasteiger charge is -2.30. The summed E-state index contributed by atoms with van der Waals surface area (Å²) in [6.07, 6.45) is 3.39. The second-order valence-electron chi connectivity index (χ2n) is 7.10. The number of hydrogen-bond donors (Lipinski definition) is 1. The van der Waals surface area contributed by atoms with Gasteiger partial charge in [0.25, 0.3) is 0 Å². The highest BCUT2D eigenvalue weighted by Crippen LogP contribution is 2.29. The van der Waals surface area contributed by atoms with E-state index < -0.39 is 14.8 Å². The van der Waals surface area contributed by atoms with Crippen molar-refractivity contribution in [3.05, 3.63) is 40.6 Å². The van der Waals surface area contributed by atoms with Crippen LogP contribution in [-0.4, -0.2) is 55.2 Å². The Bertz CT molecular complexity index is 1070. The minimum Gasteiger partial charge on any atom is -0.466 e. The SMILES string of the molecule is CCOC(=O)C1CCN(c2ncc([N+](=O)[O-])c(Nc3ccc(S(C)(=O)=O)cc3)n2)CC1. The first-order valence-corrected chi connectivity index (χ1v) is 11.6. The second-order valence-corrected chi connectivity index (χ2v) is 9.11. The summed E-state index contributed by atoms with van der Waals surface area (Å²) in [6.45, 7) is 3.14. The van der Waals surface area contributed by atoms with E-state index in [0.717, 1.165) is 12.5 Å². The van der Waals surface area contributed by atoms with Gasteiger partial charge in [-0.25, -0.2) is 13.4 Å². The first-order chi connectivity index (χ1) is 14.7. The predicted molar refractivity (Wildman–Crippen MR) is 113 cm³/mol. The molecule has 1 saturated heterocycles. The molecule has 0 spiro atoms. The van der Waals surface area contributed by atoms with Crippen molar-refractivity contribution in [2.45, 2.75) is 24.7 Å². The van der Waals surface area contributed by atoms with Crippen LogP contribution in [0.4, 0.5) is 23.1 Å². The molecule has 31 heavy (non-hydrogen) atoms. The molecule has 0 radical (unpaired) electrons. The third-order valence-corrected chi connectivity index (χ3v) is 6.02. The van der Waals surface area contributed by atoms with Crippen molar-refractivity contribution >= 4 is 38.9 Å². The van der Waals surface area contributed by atoms with E-state index in [0.29, 0.717) is 44.2 Å².